The van der Waals surface area contributed by atoms with Crippen LogP contribution in [0.25, 0.3) is 0 Å². The highest BCUT2D eigenvalue weighted by atomic mass is 16.7. The average molecular weight is 855 g/mol. The molecule has 0 bridgehead atoms. The zero-order chi connectivity index (χ0) is 44.4. The smallest absolute Gasteiger partial charge is 0.316 e. The first kappa shape index (κ1) is 45.9. The molecule has 2 aliphatic heterocycles. The Balaban J connectivity index is 1.14. The average Bonchev–Trinajstić information content (AvgIpc) is 3.38. The number of carbonyl (C=O) groups excluding carboxylic acids is 2. The molecule has 17 nitrogen and oxygen atoms in total. The molecule has 0 aromatic rings. The zero-order valence-electron chi connectivity index (χ0n) is 35.7. The molecule has 6 fully saturated rings. The standard InChI is InChI=1S/C43H66O17/c1-17(35(53)54)25-28(49)30(51)33-40(25,4)11-12-42(6)19-13-20(45)32-39(2,3)34(21(46)14-41(32,5)18(19)9-10-43(33,42)7)60-37-24(36(55)56-8)26(47)23(16-57-37)59-38-31(52)29(50)27(48)22(15-44)58-38/h13,17-18,21-34,37-38,44,46-52H,9-12,14-16H2,1-8H3,(H,53,54)/t17-,18+,21-,22-,23+,24-,25+,26-,27-,28+,29+,30+,31-,32+,33-,34+,37?,38?,40-,41-,42-,43+/m1/s1. The molecule has 9 N–H and O–H groups in total. The number of aliphatic hydroxyl groups excluding tert-OH is 8. The largest absolute Gasteiger partial charge is 0.481 e. The number of allylic oxidation sites excluding steroid dienone is 2. The van der Waals surface area contributed by atoms with Crippen LogP contribution in [0.15, 0.2) is 11.6 Å². The topological polar surface area (TPSA) is 279 Å². The Hall–Kier alpha value is -2.13. The van der Waals surface area contributed by atoms with Gasteiger partial charge in [0, 0.05) is 17.3 Å². The summed E-state index contributed by atoms with van der Waals surface area (Å²) in [6.07, 6.45) is -12.9. The third-order valence-corrected chi connectivity index (χ3v) is 17.4. The second-order valence-corrected chi connectivity index (χ2v) is 20.7. The van der Waals surface area contributed by atoms with Gasteiger partial charge in [-0.1, -0.05) is 54.0 Å². The van der Waals surface area contributed by atoms with Gasteiger partial charge in [0.2, 0.25) is 0 Å². The minimum atomic E-state index is -1.78. The minimum Gasteiger partial charge on any atom is -0.481 e. The molecular weight excluding hydrogens is 788 g/mol. The summed E-state index contributed by atoms with van der Waals surface area (Å²) in [7, 11) is 1.11. The Morgan fingerprint density at radius 1 is 0.850 bits per heavy atom. The van der Waals surface area contributed by atoms with Crippen LogP contribution in [-0.4, -0.2) is 158 Å². The third kappa shape index (κ3) is 6.42. The maximum Gasteiger partial charge on any atom is 0.316 e. The molecule has 0 spiro atoms. The second kappa shape index (κ2) is 15.5. The number of esters is 1. The highest BCUT2D eigenvalue weighted by Gasteiger charge is 2.74. The van der Waals surface area contributed by atoms with Crippen molar-refractivity contribution >= 4 is 17.7 Å². The van der Waals surface area contributed by atoms with Crippen LogP contribution in [-0.2, 0) is 38.1 Å². The lowest BCUT2D eigenvalue weighted by atomic mass is 9.35. The van der Waals surface area contributed by atoms with E-state index in [9.17, 15) is 60.3 Å². The van der Waals surface area contributed by atoms with Crippen LogP contribution in [0.5, 0.6) is 0 Å². The molecule has 0 amide bonds. The van der Waals surface area contributed by atoms with Crippen LogP contribution < -0.4 is 0 Å². The molecule has 0 aromatic heterocycles. The van der Waals surface area contributed by atoms with E-state index in [2.05, 4.69) is 13.8 Å². The lowest BCUT2D eigenvalue weighted by Gasteiger charge is -2.69. The predicted molar refractivity (Wildman–Crippen MR) is 206 cm³/mol. The van der Waals surface area contributed by atoms with Crippen molar-refractivity contribution < 1.29 is 84.0 Å². The number of aliphatic hydroxyl groups is 8. The summed E-state index contributed by atoms with van der Waals surface area (Å²) in [6, 6.07) is 0. The van der Waals surface area contributed by atoms with Gasteiger partial charge < -0.3 is 69.6 Å². The molecule has 17 heteroatoms. The van der Waals surface area contributed by atoms with Gasteiger partial charge in [-0.2, -0.15) is 0 Å². The van der Waals surface area contributed by atoms with E-state index >= 15 is 0 Å². The highest BCUT2D eigenvalue weighted by Crippen LogP contribution is 2.76. The lowest BCUT2D eigenvalue weighted by Crippen LogP contribution is -2.67. The number of aliphatic carboxylic acids is 1. The van der Waals surface area contributed by atoms with E-state index in [1.165, 1.54) is 0 Å². The molecule has 4 saturated carbocycles. The summed E-state index contributed by atoms with van der Waals surface area (Å²) < 4.78 is 28.7. The molecule has 22 atom stereocenters. The van der Waals surface area contributed by atoms with E-state index in [1.54, 1.807) is 13.0 Å². The first-order valence-corrected chi connectivity index (χ1v) is 21.4. The number of hydrogen-bond acceptors (Lipinski definition) is 16. The van der Waals surface area contributed by atoms with Gasteiger partial charge in [0.05, 0.1) is 50.7 Å². The molecule has 0 aromatic carbocycles. The molecule has 0 radical (unpaired) electrons. The lowest BCUT2D eigenvalue weighted by molar-refractivity contribution is -0.346. The summed E-state index contributed by atoms with van der Waals surface area (Å²) in [5.41, 5.74) is -2.73. The summed E-state index contributed by atoms with van der Waals surface area (Å²) >= 11 is 0. The van der Waals surface area contributed by atoms with Gasteiger partial charge >= 0.3 is 11.9 Å². The summed E-state index contributed by atoms with van der Waals surface area (Å²) in [6.45, 7) is 12.4. The number of fused-ring (bicyclic) bond motifs is 7. The first-order chi connectivity index (χ1) is 27.9. The van der Waals surface area contributed by atoms with E-state index in [-0.39, 0.29) is 18.1 Å². The van der Waals surface area contributed by atoms with Crippen molar-refractivity contribution in [1.82, 2.24) is 0 Å². The van der Waals surface area contributed by atoms with Crippen LogP contribution in [0.3, 0.4) is 0 Å². The normalized spacial score (nSPS) is 52.8. The quantitative estimate of drug-likeness (QED) is 0.144. The minimum absolute atomic E-state index is 0.147. The molecule has 5 aliphatic carbocycles. The van der Waals surface area contributed by atoms with Crippen molar-refractivity contribution in [3.63, 3.8) is 0 Å². The fourth-order valence-electron chi connectivity index (χ4n) is 14.5. The van der Waals surface area contributed by atoms with Crippen LogP contribution in [0.1, 0.15) is 80.6 Å². The second-order valence-electron chi connectivity index (χ2n) is 20.7. The Morgan fingerprint density at radius 2 is 1.52 bits per heavy atom. The summed E-state index contributed by atoms with van der Waals surface area (Å²) in [4.78, 5) is 40.3. The Morgan fingerprint density at radius 3 is 2.13 bits per heavy atom. The van der Waals surface area contributed by atoms with Crippen molar-refractivity contribution in [2.24, 2.45) is 62.6 Å². The fourth-order valence-corrected chi connectivity index (χ4v) is 14.5. The number of ether oxygens (including phenoxy) is 5. The monoisotopic (exact) mass is 854 g/mol. The fraction of sp³-hybridized carbons (Fsp3) is 0.884. The third-order valence-electron chi connectivity index (χ3n) is 17.4. The Bertz CT molecular complexity index is 1720. The predicted octanol–water partition coefficient (Wildman–Crippen LogP) is -0.103. The SMILES string of the molecule is COC(=O)[C@@H]1C(O[C@H]2[C@H](O)C[C@]3(C)[C@H]4CC[C@@]5(C)[C@@H]6[C@@H](O)[C@@H](O)[C@H]([C@@H](C)C(=O)O)[C@@]6(C)CC[C@]5(C)C4=CC(=O)[C@H]3C2(C)C)OC[C@H](OC2O[C@H](CO)[C@@H](O)[C@H](O)[C@H]2O)[C@H]1O. The molecule has 7 aliphatic rings. The first-order valence-electron chi connectivity index (χ1n) is 21.4. The van der Waals surface area contributed by atoms with Gasteiger partial charge in [-0.25, -0.2) is 0 Å². The van der Waals surface area contributed by atoms with E-state index < -0.39 is 155 Å². The van der Waals surface area contributed by atoms with Crippen LogP contribution in [0.2, 0.25) is 0 Å². The maximum atomic E-state index is 14.8. The van der Waals surface area contributed by atoms with Crippen molar-refractivity contribution in [2.75, 3.05) is 20.3 Å². The molecule has 2 heterocycles. The summed E-state index contributed by atoms with van der Waals surface area (Å²) in [5.74, 6) is -6.43. The summed E-state index contributed by atoms with van der Waals surface area (Å²) in [5, 5.41) is 97.5. The number of carboxylic acid groups (broad SMARTS) is 1. The van der Waals surface area contributed by atoms with Gasteiger partial charge in [-0.15, -0.1) is 0 Å². The van der Waals surface area contributed by atoms with Crippen molar-refractivity contribution in [1.29, 1.82) is 0 Å². The van der Waals surface area contributed by atoms with Gasteiger partial charge in [-0.05, 0) is 71.7 Å². The van der Waals surface area contributed by atoms with Gasteiger partial charge in [0.15, 0.2) is 18.4 Å². The number of carboxylic acids is 1. The van der Waals surface area contributed by atoms with Crippen molar-refractivity contribution in [3.8, 4) is 0 Å². The van der Waals surface area contributed by atoms with Crippen molar-refractivity contribution in [3.05, 3.63) is 11.6 Å². The van der Waals surface area contributed by atoms with Crippen molar-refractivity contribution in [2.45, 2.75) is 154 Å². The molecule has 2 saturated heterocycles. The van der Waals surface area contributed by atoms with Gasteiger partial charge in [-0.3, -0.25) is 14.4 Å². The van der Waals surface area contributed by atoms with Crippen LogP contribution in [0.4, 0.5) is 0 Å². The molecule has 7 rings (SSSR count). The zero-order valence-corrected chi connectivity index (χ0v) is 35.7. The van der Waals surface area contributed by atoms with E-state index in [1.807, 2.05) is 27.7 Å². The molecule has 340 valence electrons. The molecule has 2 unspecified atom stereocenters. The van der Waals surface area contributed by atoms with E-state index in [0.29, 0.717) is 25.7 Å². The molecular formula is C43H66O17. The van der Waals surface area contributed by atoms with Gasteiger partial charge in [0.25, 0.3) is 0 Å². The van der Waals surface area contributed by atoms with Crippen LogP contribution in [0, 0.1) is 62.6 Å². The Kier molecular flexibility index (Phi) is 11.9. The number of carbonyl (C=O) groups is 3. The number of hydrogen-bond donors (Lipinski definition) is 9. The molecule has 60 heavy (non-hydrogen) atoms. The number of rotatable bonds is 8. The van der Waals surface area contributed by atoms with E-state index in [4.69, 9.17) is 23.7 Å². The van der Waals surface area contributed by atoms with Crippen LogP contribution >= 0.6 is 0 Å². The maximum absolute atomic E-state index is 14.8. The van der Waals surface area contributed by atoms with E-state index in [0.717, 1.165) is 12.7 Å². The number of ketones is 1. The number of methoxy groups -OCH3 is 1. The Labute approximate surface area is 350 Å². The highest BCUT2D eigenvalue weighted by molar-refractivity contribution is 5.95. The van der Waals surface area contributed by atoms with Gasteiger partial charge in [0.1, 0.15) is 42.5 Å².